The van der Waals surface area contributed by atoms with Gasteiger partial charge in [0.25, 0.3) is 0 Å². The summed E-state index contributed by atoms with van der Waals surface area (Å²) in [5.74, 6) is -0.517. The van der Waals surface area contributed by atoms with Gasteiger partial charge in [0.05, 0.1) is 11.6 Å². The van der Waals surface area contributed by atoms with E-state index in [0.717, 1.165) is 12.8 Å². The second-order valence-electron chi connectivity index (χ2n) is 8.52. The van der Waals surface area contributed by atoms with Crippen molar-refractivity contribution in [1.82, 2.24) is 14.9 Å². The topological polar surface area (TPSA) is 98.4 Å². The highest BCUT2D eigenvalue weighted by Gasteiger charge is 2.33. The van der Waals surface area contributed by atoms with Crippen LogP contribution in [0.3, 0.4) is 0 Å². The highest BCUT2D eigenvalue weighted by molar-refractivity contribution is 5.99. The van der Waals surface area contributed by atoms with Crippen molar-refractivity contribution < 1.29 is 18.7 Å². The summed E-state index contributed by atoms with van der Waals surface area (Å²) >= 11 is 0. The van der Waals surface area contributed by atoms with Crippen LogP contribution in [-0.4, -0.2) is 51.5 Å². The first-order valence-corrected chi connectivity index (χ1v) is 10.00. The molecule has 1 amide bonds. The largest absolute Gasteiger partial charge is 0.444 e. The molecule has 1 aromatic heterocycles. The van der Waals surface area contributed by atoms with E-state index in [1.807, 2.05) is 20.8 Å². The lowest BCUT2D eigenvalue weighted by Crippen LogP contribution is -2.49. The quantitative estimate of drug-likeness (QED) is 0.770. The average molecular weight is 414 g/mol. The van der Waals surface area contributed by atoms with Crippen molar-refractivity contribution in [2.24, 2.45) is 11.7 Å². The number of Topliss-reactive ketones (excluding diaryl/α,β-unsaturated/α-hetero) is 1. The summed E-state index contributed by atoms with van der Waals surface area (Å²) < 4.78 is 18.8. The van der Waals surface area contributed by atoms with Crippen LogP contribution in [0.25, 0.3) is 11.4 Å². The van der Waals surface area contributed by atoms with E-state index in [9.17, 15) is 14.0 Å². The maximum Gasteiger partial charge on any atom is 0.410 e. The van der Waals surface area contributed by atoms with E-state index in [0.29, 0.717) is 24.5 Å². The maximum absolute atomic E-state index is 13.4. The van der Waals surface area contributed by atoms with Gasteiger partial charge in [-0.15, -0.1) is 0 Å². The number of hydrogen-bond donors (Lipinski definition) is 1. The molecule has 1 fully saturated rings. The number of nitrogens with two attached hydrogens (primary N) is 1. The van der Waals surface area contributed by atoms with Gasteiger partial charge in [-0.05, 0) is 51.7 Å². The average Bonchev–Trinajstić information content (AvgIpc) is 2.71. The monoisotopic (exact) mass is 414 g/mol. The van der Waals surface area contributed by atoms with E-state index >= 15 is 0 Å². The van der Waals surface area contributed by atoms with E-state index in [1.165, 1.54) is 24.5 Å². The van der Waals surface area contributed by atoms with E-state index in [4.69, 9.17) is 10.5 Å². The van der Waals surface area contributed by atoms with Crippen LogP contribution in [0.5, 0.6) is 0 Å². The summed E-state index contributed by atoms with van der Waals surface area (Å²) in [4.78, 5) is 35.2. The van der Waals surface area contributed by atoms with Crippen molar-refractivity contribution in [3.63, 3.8) is 0 Å². The van der Waals surface area contributed by atoms with Crippen LogP contribution < -0.4 is 5.73 Å². The van der Waals surface area contributed by atoms with Crippen molar-refractivity contribution in [2.75, 3.05) is 13.1 Å². The molecule has 2 aromatic rings. The Hall–Kier alpha value is -2.87. The first-order chi connectivity index (χ1) is 14.1. The zero-order valence-corrected chi connectivity index (χ0v) is 17.5. The van der Waals surface area contributed by atoms with Gasteiger partial charge in [-0.2, -0.15) is 0 Å². The Morgan fingerprint density at radius 1 is 1.27 bits per heavy atom. The number of hydrogen-bond acceptors (Lipinski definition) is 6. The summed E-state index contributed by atoms with van der Waals surface area (Å²) in [6.07, 6.45) is 3.91. The van der Waals surface area contributed by atoms with Gasteiger partial charge in [0.2, 0.25) is 0 Å². The number of carbonyl (C=O) groups excluding carboxylic acids is 2. The Bertz CT molecular complexity index is 911. The van der Waals surface area contributed by atoms with Gasteiger partial charge in [-0.3, -0.25) is 4.79 Å². The Kier molecular flexibility index (Phi) is 6.45. The Labute approximate surface area is 175 Å². The molecular formula is C22H27FN4O3. The second-order valence-corrected chi connectivity index (χ2v) is 8.52. The minimum absolute atomic E-state index is 0.179. The molecule has 2 unspecified atom stereocenters. The molecule has 0 bridgehead atoms. The van der Waals surface area contributed by atoms with Crippen LogP contribution in [0.4, 0.5) is 9.18 Å². The third-order valence-corrected chi connectivity index (χ3v) is 4.94. The second kappa shape index (κ2) is 8.87. The molecule has 160 valence electrons. The van der Waals surface area contributed by atoms with Crippen molar-refractivity contribution >= 4 is 11.9 Å². The van der Waals surface area contributed by atoms with E-state index in [2.05, 4.69) is 9.97 Å². The van der Waals surface area contributed by atoms with Gasteiger partial charge in [-0.1, -0.05) is 12.1 Å². The van der Waals surface area contributed by atoms with Gasteiger partial charge in [0.1, 0.15) is 11.4 Å². The van der Waals surface area contributed by atoms with Crippen LogP contribution in [0.2, 0.25) is 0 Å². The predicted octanol–water partition coefficient (Wildman–Crippen LogP) is 3.44. The summed E-state index contributed by atoms with van der Waals surface area (Å²) in [6, 6.07) is 5.15. The third-order valence-electron chi connectivity index (χ3n) is 4.94. The van der Waals surface area contributed by atoms with Crippen molar-refractivity contribution in [1.29, 1.82) is 0 Å². The zero-order chi connectivity index (χ0) is 21.9. The summed E-state index contributed by atoms with van der Waals surface area (Å²) in [7, 11) is 0. The number of amides is 1. The Balaban J connectivity index is 1.67. The molecule has 2 N–H and O–H groups in total. The lowest BCUT2D eigenvalue weighted by atomic mass is 9.87. The predicted molar refractivity (Wildman–Crippen MR) is 110 cm³/mol. The van der Waals surface area contributed by atoms with Crippen LogP contribution in [0.1, 0.15) is 44.0 Å². The number of aromatic nitrogens is 2. The molecule has 0 radical (unpaired) electrons. The molecule has 3 rings (SSSR count). The van der Waals surface area contributed by atoms with E-state index < -0.39 is 17.7 Å². The Morgan fingerprint density at radius 3 is 2.60 bits per heavy atom. The molecule has 2 atom stereocenters. The summed E-state index contributed by atoms with van der Waals surface area (Å²) in [5, 5.41) is 0. The molecule has 1 aliphatic heterocycles. The van der Waals surface area contributed by atoms with Gasteiger partial charge < -0.3 is 15.4 Å². The maximum atomic E-state index is 13.4. The smallest absolute Gasteiger partial charge is 0.410 e. The first-order valence-electron chi connectivity index (χ1n) is 10.00. The number of likely N-dealkylation sites (tertiary alicyclic amines) is 1. The molecule has 8 heteroatoms. The van der Waals surface area contributed by atoms with E-state index in [1.54, 1.807) is 17.0 Å². The fraction of sp³-hybridized carbons (Fsp3) is 0.455. The Morgan fingerprint density at radius 2 is 1.97 bits per heavy atom. The van der Waals surface area contributed by atoms with Gasteiger partial charge in [0, 0.05) is 31.0 Å². The number of nitrogens with zero attached hydrogens (tertiary/aromatic N) is 3. The van der Waals surface area contributed by atoms with Gasteiger partial charge >= 0.3 is 6.09 Å². The van der Waals surface area contributed by atoms with Crippen LogP contribution in [0, 0.1) is 11.7 Å². The minimum atomic E-state index is -0.779. The fourth-order valence-electron chi connectivity index (χ4n) is 3.43. The van der Waals surface area contributed by atoms with Crippen molar-refractivity contribution in [3.05, 3.63) is 48.0 Å². The number of benzene rings is 1. The first kappa shape index (κ1) is 21.8. The normalized spacial score (nSPS) is 18.0. The molecule has 7 nitrogen and oxygen atoms in total. The van der Waals surface area contributed by atoms with Crippen molar-refractivity contribution in [3.8, 4) is 11.4 Å². The molecular weight excluding hydrogens is 387 g/mol. The van der Waals surface area contributed by atoms with Crippen LogP contribution in [-0.2, 0) is 4.74 Å². The minimum Gasteiger partial charge on any atom is -0.444 e. The number of rotatable bonds is 4. The molecule has 30 heavy (non-hydrogen) atoms. The van der Waals surface area contributed by atoms with Crippen LogP contribution in [0.15, 0.2) is 36.7 Å². The highest BCUT2D eigenvalue weighted by atomic mass is 19.1. The zero-order valence-electron chi connectivity index (χ0n) is 17.5. The molecule has 1 aromatic carbocycles. The number of piperidine rings is 1. The number of ketones is 1. The fourth-order valence-corrected chi connectivity index (χ4v) is 3.43. The molecule has 1 aliphatic rings. The number of ether oxygens (including phenoxy) is 1. The van der Waals surface area contributed by atoms with Crippen LogP contribution >= 0.6 is 0 Å². The highest BCUT2D eigenvalue weighted by Crippen LogP contribution is 2.23. The standard InChI is InChI=1S/C22H27FN4O3/c1-22(2,3)30-21(29)27-9-5-7-15(13-27)18(24)19(28)16-11-25-20(26-12-16)14-6-4-8-17(23)10-14/h4,6,8,10-12,15,18H,5,7,9,13,24H2,1-3H3. The third kappa shape index (κ3) is 5.38. The molecule has 0 spiro atoms. The summed E-state index contributed by atoms with van der Waals surface area (Å²) in [6.45, 7) is 6.39. The number of halogens is 1. The number of carbonyl (C=O) groups is 2. The van der Waals surface area contributed by atoms with Crippen molar-refractivity contribution in [2.45, 2.75) is 45.3 Å². The lowest BCUT2D eigenvalue weighted by Gasteiger charge is -2.36. The SMILES string of the molecule is CC(C)(C)OC(=O)N1CCCC(C(N)C(=O)c2cnc(-c3cccc(F)c3)nc2)C1. The molecule has 0 saturated carbocycles. The molecule has 1 saturated heterocycles. The van der Waals surface area contributed by atoms with Gasteiger partial charge in [0.15, 0.2) is 11.6 Å². The summed E-state index contributed by atoms with van der Waals surface area (Å²) in [5.41, 5.74) is 6.48. The lowest BCUT2D eigenvalue weighted by molar-refractivity contribution is 0.0151. The van der Waals surface area contributed by atoms with E-state index in [-0.39, 0.29) is 23.1 Å². The molecule has 0 aliphatic carbocycles. The molecule has 2 heterocycles. The van der Waals surface area contributed by atoms with Gasteiger partial charge in [-0.25, -0.2) is 19.2 Å².